The minimum atomic E-state index is 0.0326. The Morgan fingerprint density at radius 1 is 1.30 bits per heavy atom. The van der Waals surface area contributed by atoms with Crippen LogP contribution in [0.25, 0.3) is 0 Å². The number of rotatable bonds is 7. The zero-order valence-corrected chi connectivity index (χ0v) is 12.8. The standard InChI is InChI=1S/C15H21ClN4/c1-3-7-18-14(12-6-5-8-17-10-12)15-13(16)11-19-20(15)9-4-2/h5-6,8,10-11,14,18H,3-4,7,9H2,1-2H3. The van der Waals surface area contributed by atoms with Gasteiger partial charge in [0.2, 0.25) is 0 Å². The van der Waals surface area contributed by atoms with Gasteiger partial charge in [-0.3, -0.25) is 9.67 Å². The number of nitrogens with one attached hydrogen (secondary N) is 1. The van der Waals surface area contributed by atoms with Gasteiger partial charge in [0.25, 0.3) is 0 Å². The highest BCUT2D eigenvalue weighted by Gasteiger charge is 2.21. The molecule has 0 aromatic carbocycles. The van der Waals surface area contributed by atoms with Crippen molar-refractivity contribution in [2.45, 2.75) is 39.3 Å². The number of hydrogen-bond donors (Lipinski definition) is 1. The van der Waals surface area contributed by atoms with Crippen molar-refractivity contribution in [2.75, 3.05) is 6.54 Å². The van der Waals surface area contributed by atoms with Crippen molar-refractivity contribution < 1.29 is 0 Å². The third-order valence-electron chi connectivity index (χ3n) is 3.16. The number of pyridine rings is 1. The van der Waals surface area contributed by atoms with Crippen LogP contribution in [0.4, 0.5) is 0 Å². The number of halogens is 1. The van der Waals surface area contributed by atoms with Crippen LogP contribution in [0.2, 0.25) is 5.02 Å². The summed E-state index contributed by atoms with van der Waals surface area (Å²) in [6.45, 7) is 6.08. The summed E-state index contributed by atoms with van der Waals surface area (Å²) in [5, 5.41) is 8.63. The summed E-state index contributed by atoms with van der Waals surface area (Å²) in [6, 6.07) is 4.05. The number of aryl methyl sites for hydroxylation is 1. The molecule has 0 bridgehead atoms. The van der Waals surface area contributed by atoms with Crippen LogP contribution in [-0.4, -0.2) is 21.3 Å². The van der Waals surface area contributed by atoms with Crippen molar-refractivity contribution in [3.63, 3.8) is 0 Å². The van der Waals surface area contributed by atoms with Crippen LogP contribution >= 0.6 is 11.6 Å². The van der Waals surface area contributed by atoms with Crippen LogP contribution in [0, 0.1) is 0 Å². The van der Waals surface area contributed by atoms with Gasteiger partial charge < -0.3 is 5.32 Å². The third kappa shape index (κ3) is 3.38. The van der Waals surface area contributed by atoms with Crippen LogP contribution in [0.15, 0.2) is 30.7 Å². The summed E-state index contributed by atoms with van der Waals surface area (Å²) in [7, 11) is 0. The minimum Gasteiger partial charge on any atom is -0.305 e. The smallest absolute Gasteiger partial charge is 0.0837 e. The molecule has 0 spiro atoms. The van der Waals surface area contributed by atoms with Gasteiger partial charge in [-0.15, -0.1) is 0 Å². The first-order valence-corrected chi connectivity index (χ1v) is 7.50. The van der Waals surface area contributed by atoms with E-state index in [2.05, 4.69) is 35.3 Å². The molecule has 20 heavy (non-hydrogen) atoms. The van der Waals surface area contributed by atoms with Crippen LogP contribution in [0.3, 0.4) is 0 Å². The van der Waals surface area contributed by atoms with Crippen molar-refractivity contribution in [1.29, 1.82) is 0 Å². The molecule has 0 aliphatic heterocycles. The molecule has 2 rings (SSSR count). The normalized spacial score (nSPS) is 12.6. The molecule has 4 nitrogen and oxygen atoms in total. The predicted octanol–water partition coefficient (Wildman–Crippen LogP) is 3.43. The van der Waals surface area contributed by atoms with Gasteiger partial charge in [0.15, 0.2) is 0 Å². The summed E-state index contributed by atoms with van der Waals surface area (Å²) in [6.07, 6.45) is 7.48. The van der Waals surface area contributed by atoms with Gasteiger partial charge in [-0.2, -0.15) is 5.10 Å². The Balaban J connectivity index is 2.38. The lowest BCUT2D eigenvalue weighted by Gasteiger charge is -2.20. The minimum absolute atomic E-state index is 0.0326. The molecule has 108 valence electrons. The van der Waals surface area contributed by atoms with E-state index in [4.69, 9.17) is 11.6 Å². The first-order chi connectivity index (χ1) is 9.77. The van der Waals surface area contributed by atoms with Gasteiger partial charge in [0.05, 0.1) is 23.0 Å². The molecule has 0 saturated carbocycles. The maximum atomic E-state index is 6.36. The first-order valence-electron chi connectivity index (χ1n) is 7.12. The van der Waals surface area contributed by atoms with E-state index in [1.807, 2.05) is 16.9 Å². The number of aromatic nitrogens is 3. The molecule has 0 fully saturated rings. The molecule has 5 heteroatoms. The Morgan fingerprint density at radius 3 is 2.80 bits per heavy atom. The monoisotopic (exact) mass is 292 g/mol. The summed E-state index contributed by atoms with van der Waals surface area (Å²) in [4.78, 5) is 4.22. The number of nitrogens with zero attached hydrogens (tertiary/aromatic N) is 3. The molecule has 0 aliphatic carbocycles. The lowest BCUT2D eigenvalue weighted by atomic mass is 10.1. The lowest BCUT2D eigenvalue weighted by Crippen LogP contribution is -2.26. The third-order valence-corrected chi connectivity index (χ3v) is 3.45. The molecule has 0 saturated heterocycles. The lowest BCUT2D eigenvalue weighted by molar-refractivity contribution is 0.511. The Labute approximate surface area is 125 Å². The molecule has 2 aromatic heterocycles. The van der Waals surface area contributed by atoms with Gasteiger partial charge in [0, 0.05) is 18.9 Å². The summed E-state index contributed by atoms with van der Waals surface area (Å²) >= 11 is 6.36. The highest BCUT2D eigenvalue weighted by molar-refractivity contribution is 6.31. The molecule has 1 atom stereocenters. The number of hydrogen-bond acceptors (Lipinski definition) is 3. The Hall–Kier alpha value is -1.39. The summed E-state index contributed by atoms with van der Waals surface area (Å²) in [5.41, 5.74) is 2.13. The molecular formula is C15H21ClN4. The Kier molecular flexibility index (Phi) is 5.56. The van der Waals surface area contributed by atoms with E-state index >= 15 is 0 Å². The van der Waals surface area contributed by atoms with Crippen LogP contribution in [-0.2, 0) is 6.54 Å². The molecule has 0 aliphatic rings. The highest BCUT2D eigenvalue weighted by Crippen LogP contribution is 2.28. The Bertz CT molecular complexity index is 524. The van der Waals surface area contributed by atoms with Gasteiger partial charge in [0.1, 0.15) is 0 Å². The van der Waals surface area contributed by atoms with Gasteiger partial charge in [-0.05, 0) is 31.0 Å². The second-order valence-electron chi connectivity index (χ2n) is 4.77. The van der Waals surface area contributed by atoms with Crippen molar-refractivity contribution >= 4 is 11.6 Å². The second-order valence-corrected chi connectivity index (χ2v) is 5.18. The fraction of sp³-hybridized carbons (Fsp3) is 0.467. The van der Waals surface area contributed by atoms with Crippen molar-refractivity contribution in [1.82, 2.24) is 20.1 Å². The zero-order chi connectivity index (χ0) is 14.4. The molecule has 0 amide bonds. The summed E-state index contributed by atoms with van der Waals surface area (Å²) < 4.78 is 1.99. The van der Waals surface area contributed by atoms with Crippen LogP contribution in [0.5, 0.6) is 0 Å². The maximum absolute atomic E-state index is 6.36. The van der Waals surface area contributed by atoms with E-state index in [0.717, 1.165) is 37.2 Å². The molecular weight excluding hydrogens is 272 g/mol. The fourth-order valence-corrected chi connectivity index (χ4v) is 2.51. The van der Waals surface area contributed by atoms with Crippen LogP contribution < -0.4 is 5.32 Å². The molecule has 2 aromatic rings. The SMILES string of the molecule is CCCNC(c1cccnc1)c1c(Cl)cnn1CCC. The Morgan fingerprint density at radius 2 is 2.15 bits per heavy atom. The van der Waals surface area contributed by atoms with Crippen molar-refractivity contribution in [2.24, 2.45) is 0 Å². The largest absolute Gasteiger partial charge is 0.305 e. The maximum Gasteiger partial charge on any atom is 0.0837 e. The van der Waals surface area contributed by atoms with Crippen molar-refractivity contribution in [3.05, 3.63) is 47.0 Å². The average Bonchev–Trinajstić information content (AvgIpc) is 2.83. The quantitative estimate of drug-likeness (QED) is 0.850. The fourth-order valence-electron chi connectivity index (χ4n) is 2.26. The van der Waals surface area contributed by atoms with E-state index in [0.29, 0.717) is 5.02 Å². The van der Waals surface area contributed by atoms with E-state index in [1.54, 1.807) is 12.4 Å². The first kappa shape index (κ1) is 15.0. The topological polar surface area (TPSA) is 42.7 Å². The van der Waals surface area contributed by atoms with E-state index in [9.17, 15) is 0 Å². The molecule has 1 unspecified atom stereocenters. The van der Waals surface area contributed by atoms with Gasteiger partial charge in [-0.25, -0.2) is 0 Å². The van der Waals surface area contributed by atoms with E-state index in [1.165, 1.54) is 0 Å². The van der Waals surface area contributed by atoms with Gasteiger partial charge >= 0.3 is 0 Å². The summed E-state index contributed by atoms with van der Waals surface area (Å²) in [5.74, 6) is 0. The van der Waals surface area contributed by atoms with Crippen molar-refractivity contribution in [3.8, 4) is 0 Å². The van der Waals surface area contributed by atoms with Crippen LogP contribution in [0.1, 0.15) is 44.0 Å². The van der Waals surface area contributed by atoms with Gasteiger partial charge in [-0.1, -0.05) is 31.5 Å². The molecule has 0 radical (unpaired) electrons. The average molecular weight is 293 g/mol. The molecule has 1 N–H and O–H groups in total. The van der Waals surface area contributed by atoms with E-state index in [-0.39, 0.29) is 6.04 Å². The second kappa shape index (κ2) is 7.41. The molecule has 2 heterocycles. The predicted molar refractivity (Wildman–Crippen MR) is 81.9 cm³/mol. The highest BCUT2D eigenvalue weighted by atomic mass is 35.5. The van der Waals surface area contributed by atoms with E-state index < -0.39 is 0 Å². The zero-order valence-electron chi connectivity index (χ0n) is 12.0.